The van der Waals surface area contributed by atoms with Crippen LogP contribution >= 0.6 is 0 Å². The van der Waals surface area contributed by atoms with Crippen molar-refractivity contribution in [2.24, 2.45) is 0 Å². The average molecular weight is 343 g/mol. The molecule has 0 amide bonds. The Kier molecular flexibility index (Phi) is 23.0. The molecule has 0 saturated carbocycles. The molecule has 0 N–H and O–H groups in total. The van der Waals surface area contributed by atoms with Crippen LogP contribution in [-0.4, -0.2) is 50.3 Å². The van der Waals surface area contributed by atoms with E-state index in [-0.39, 0.29) is 16.5 Å². The zero-order valence-corrected chi connectivity index (χ0v) is 16.2. The van der Waals surface area contributed by atoms with Gasteiger partial charge in [-0.1, -0.05) is 55.4 Å². The molecule has 0 radical (unpaired) electrons. The van der Waals surface area contributed by atoms with Gasteiger partial charge in [0.25, 0.3) is 0 Å². The maximum absolute atomic E-state index is 4.30. The summed E-state index contributed by atoms with van der Waals surface area (Å²) in [5, 5.41) is 17.2. The van der Waals surface area contributed by atoms with Crippen molar-refractivity contribution >= 4 is 0 Å². The molecule has 0 aliphatic heterocycles. The Bertz CT molecular complexity index is 145. The molecule has 0 atom stereocenters. The van der Waals surface area contributed by atoms with E-state index in [1.807, 2.05) is 0 Å². The van der Waals surface area contributed by atoms with E-state index in [1.54, 1.807) is 0 Å². The first kappa shape index (κ1) is 26.2. The quantitative estimate of drug-likeness (QED) is 0.391. The molecule has 0 aliphatic carbocycles. The predicted octanol–water partition coefficient (Wildman–Crippen LogP) is 5.10. The Morgan fingerprint density at radius 2 is 0.571 bits per heavy atom. The van der Waals surface area contributed by atoms with E-state index in [4.69, 9.17) is 0 Å². The minimum absolute atomic E-state index is 0. The van der Waals surface area contributed by atoms with Crippen molar-refractivity contribution in [2.75, 3.05) is 26.2 Å². The van der Waals surface area contributed by atoms with E-state index < -0.39 is 0 Å². The first-order valence-corrected chi connectivity index (χ1v) is 7.92. The van der Waals surface area contributed by atoms with Gasteiger partial charge >= 0.3 is 0 Å². The third kappa shape index (κ3) is 33.3. The van der Waals surface area contributed by atoms with Crippen molar-refractivity contribution in [3.8, 4) is 0 Å². The second kappa shape index (κ2) is 18.4. The van der Waals surface area contributed by atoms with Gasteiger partial charge in [0.2, 0.25) is 0 Å². The van der Waals surface area contributed by atoms with Crippen LogP contribution in [0.3, 0.4) is 0 Å². The molecule has 0 aromatic heterocycles. The fraction of sp³-hybridized carbons (Fsp3) is 1.00. The van der Waals surface area contributed by atoms with Crippen LogP contribution in [0.15, 0.2) is 0 Å². The molecule has 21 heavy (non-hydrogen) atoms. The van der Waals surface area contributed by atoms with Crippen molar-refractivity contribution < 1.29 is 16.5 Å². The van der Waals surface area contributed by atoms with E-state index in [9.17, 15) is 0 Å². The van der Waals surface area contributed by atoms with Gasteiger partial charge in [0, 0.05) is 16.5 Å². The van der Waals surface area contributed by atoms with E-state index in [2.05, 4.69) is 76.7 Å². The average Bonchev–Trinajstić information content (AvgIpc) is 2.30. The number of rotatable bonds is 10. The van der Waals surface area contributed by atoms with Crippen molar-refractivity contribution in [1.82, 2.24) is 0 Å². The molecule has 0 spiro atoms. The normalized spacial score (nSPS) is 10.9. The van der Waals surface area contributed by atoms with E-state index >= 15 is 0 Å². The Morgan fingerprint density at radius 3 is 0.667 bits per heavy atom. The topological polar surface area (TPSA) is 56.4 Å². The maximum Gasteiger partial charge on any atom is 0 e. The Morgan fingerprint density at radius 1 is 0.429 bits per heavy atom. The van der Waals surface area contributed by atoms with Gasteiger partial charge in [0.15, 0.2) is 0 Å². The zero-order valence-electron chi connectivity index (χ0n) is 15.2. The van der Waals surface area contributed by atoms with Crippen LogP contribution in [0.25, 0.3) is 21.3 Å². The molecule has 0 rings (SSSR count). The van der Waals surface area contributed by atoms with Gasteiger partial charge in [-0.3, -0.25) is 0 Å². The van der Waals surface area contributed by atoms with Crippen LogP contribution in [0.4, 0.5) is 0 Å². The molecular formula is C16H36N4Ni-4. The first-order chi connectivity index (χ1) is 9.25. The third-order valence-corrected chi connectivity index (χ3v) is 2.18. The molecule has 5 heteroatoms. The summed E-state index contributed by atoms with van der Waals surface area (Å²) in [6, 6.07) is 1.84. The van der Waals surface area contributed by atoms with Crippen molar-refractivity contribution in [3.63, 3.8) is 0 Å². The van der Waals surface area contributed by atoms with E-state index in [1.165, 1.54) is 0 Å². The van der Waals surface area contributed by atoms with Gasteiger partial charge in [-0.05, 0) is 0 Å². The Labute approximate surface area is 143 Å². The van der Waals surface area contributed by atoms with Crippen molar-refractivity contribution in [1.29, 1.82) is 0 Å². The third-order valence-electron chi connectivity index (χ3n) is 2.18. The molecular weight excluding hydrogens is 307 g/mol. The number of hydrogen-bond donors (Lipinski definition) is 0. The van der Waals surface area contributed by atoms with Gasteiger partial charge in [0.05, 0.1) is 0 Å². The van der Waals surface area contributed by atoms with Gasteiger partial charge in [-0.25, -0.2) is 0 Å². The van der Waals surface area contributed by atoms with Gasteiger partial charge in [-0.2, -0.15) is 26.2 Å². The molecule has 0 heterocycles. The molecule has 0 aromatic carbocycles. The molecule has 0 bridgehead atoms. The zero-order chi connectivity index (χ0) is 16.0. The van der Waals surface area contributed by atoms with Crippen LogP contribution in [-0.2, 0) is 16.5 Å². The number of nitrogens with zero attached hydrogens (tertiary/aromatic N) is 4. The van der Waals surface area contributed by atoms with E-state index in [0.717, 1.165) is 26.2 Å². The van der Waals surface area contributed by atoms with E-state index in [0.29, 0.717) is 24.2 Å². The predicted molar refractivity (Wildman–Crippen MR) is 93.4 cm³/mol. The molecule has 0 fully saturated rings. The molecule has 134 valence electrons. The van der Waals surface area contributed by atoms with Gasteiger partial charge in [0.1, 0.15) is 0 Å². The smallest absolute Gasteiger partial charge is 0 e. The first-order valence-electron chi connectivity index (χ1n) is 7.92. The molecule has 0 aromatic rings. The van der Waals surface area contributed by atoms with Gasteiger partial charge < -0.3 is 21.3 Å². The molecule has 4 nitrogen and oxygen atoms in total. The summed E-state index contributed by atoms with van der Waals surface area (Å²) in [7, 11) is 0. The monoisotopic (exact) mass is 342 g/mol. The van der Waals surface area contributed by atoms with Crippen LogP contribution in [0.5, 0.6) is 0 Å². The Hall–Kier alpha value is 0.334. The summed E-state index contributed by atoms with van der Waals surface area (Å²) in [6.07, 6.45) is 0. The minimum atomic E-state index is 0. The SMILES string of the molecule is CC(C)[N-]CC[N-]C(C)C.CC(C)[N-]CC[N-]C(C)C.[Ni]. The largest absolute Gasteiger partial charge is 0.661 e. The summed E-state index contributed by atoms with van der Waals surface area (Å²) in [4.78, 5) is 0. The molecule has 0 unspecified atom stereocenters. The molecule has 0 saturated heterocycles. The van der Waals surface area contributed by atoms with Crippen LogP contribution in [0, 0.1) is 0 Å². The summed E-state index contributed by atoms with van der Waals surface area (Å²) in [6.45, 7) is 20.3. The minimum Gasteiger partial charge on any atom is -0.661 e. The fourth-order valence-corrected chi connectivity index (χ4v) is 1.26. The second-order valence-corrected chi connectivity index (χ2v) is 6.00. The molecule has 0 aliphatic rings. The summed E-state index contributed by atoms with van der Waals surface area (Å²) < 4.78 is 0. The van der Waals surface area contributed by atoms with Crippen LogP contribution in [0.1, 0.15) is 55.4 Å². The maximum atomic E-state index is 4.30. The second-order valence-electron chi connectivity index (χ2n) is 6.00. The van der Waals surface area contributed by atoms with Gasteiger partial charge in [-0.15, -0.1) is 24.2 Å². The Balaban J connectivity index is -0.000000295. The standard InChI is InChI=1S/2C8H18N2.Ni/c2*1-7(2)9-5-6-10-8(3)4;/h2*7-8H,5-6H2,1-4H3;/q2*-2;. The van der Waals surface area contributed by atoms with Crippen LogP contribution < -0.4 is 0 Å². The van der Waals surface area contributed by atoms with Crippen LogP contribution in [0.2, 0.25) is 0 Å². The fourth-order valence-electron chi connectivity index (χ4n) is 1.26. The van der Waals surface area contributed by atoms with Crippen molar-refractivity contribution in [3.05, 3.63) is 21.3 Å². The summed E-state index contributed by atoms with van der Waals surface area (Å²) in [5.74, 6) is 0. The van der Waals surface area contributed by atoms with Crippen molar-refractivity contribution in [2.45, 2.75) is 79.6 Å². The summed E-state index contributed by atoms with van der Waals surface area (Å²) >= 11 is 0. The summed E-state index contributed by atoms with van der Waals surface area (Å²) in [5.41, 5.74) is 0. The number of hydrogen-bond acceptors (Lipinski definition) is 0.